The van der Waals surface area contributed by atoms with Crippen LogP contribution in [0.4, 0.5) is 5.82 Å². The highest BCUT2D eigenvalue weighted by Crippen LogP contribution is 2.22. The van der Waals surface area contributed by atoms with Crippen LogP contribution in [0.2, 0.25) is 0 Å². The van der Waals surface area contributed by atoms with Crippen LogP contribution in [-0.4, -0.2) is 23.1 Å². The Balaban J connectivity index is 1.65. The van der Waals surface area contributed by atoms with E-state index in [1.54, 1.807) is 6.33 Å². The molecular weight excluding hydrogens is 426 g/mol. The van der Waals surface area contributed by atoms with Crippen LogP contribution in [0.25, 0.3) is 0 Å². The van der Waals surface area contributed by atoms with E-state index in [1.807, 2.05) is 6.92 Å². The monoisotopic (exact) mass is 461 g/mol. The first-order valence-corrected chi connectivity index (χ1v) is 11.8. The van der Waals surface area contributed by atoms with Crippen molar-refractivity contribution in [1.29, 1.82) is 0 Å². The molecule has 0 unspecified atom stereocenters. The van der Waals surface area contributed by atoms with Gasteiger partial charge in [0, 0.05) is 0 Å². The second-order valence-electron chi connectivity index (χ2n) is 7.72. The van der Waals surface area contributed by atoms with E-state index in [9.17, 15) is 0 Å². The Labute approximate surface area is 185 Å². The number of unbranched alkanes of at least 4 members (excludes halogenated alkanes) is 7. The van der Waals surface area contributed by atoms with Gasteiger partial charge in [0.05, 0.1) is 16.7 Å². The van der Waals surface area contributed by atoms with Gasteiger partial charge >= 0.3 is 0 Å². The van der Waals surface area contributed by atoms with Crippen molar-refractivity contribution in [2.24, 2.45) is 0 Å². The Kier molecular flexibility index (Phi) is 11.1. The summed E-state index contributed by atoms with van der Waals surface area (Å²) in [6.07, 6.45) is 13.7. The first kappa shape index (κ1) is 23.7. The molecule has 1 aromatic carbocycles. The molecule has 0 aliphatic rings. The van der Waals surface area contributed by atoms with Crippen molar-refractivity contribution in [1.82, 2.24) is 9.97 Å². The van der Waals surface area contributed by atoms with E-state index in [0.717, 1.165) is 21.7 Å². The van der Waals surface area contributed by atoms with Crippen LogP contribution in [0.5, 0.6) is 5.75 Å². The lowest BCUT2D eigenvalue weighted by atomic mass is 10.0. The Morgan fingerprint density at radius 3 is 2.41 bits per heavy atom. The minimum Gasteiger partial charge on any atom is -0.491 e. The van der Waals surface area contributed by atoms with Crippen LogP contribution in [0.15, 0.2) is 29.0 Å². The van der Waals surface area contributed by atoms with E-state index >= 15 is 0 Å². The van der Waals surface area contributed by atoms with E-state index in [0.29, 0.717) is 13.2 Å². The Morgan fingerprint density at radius 1 is 0.966 bits per heavy atom. The van der Waals surface area contributed by atoms with Gasteiger partial charge in [-0.15, -0.1) is 0 Å². The van der Waals surface area contributed by atoms with E-state index in [4.69, 9.17) is 4.74 Å². The third-order valence-electron chi connectivity index (χ3n) is 5.17. The molecular formula is C24H36BrN3O. The third kappa shape index (κ3) is 8.73. The van der Waals surface area contributed by atoms with Gasteiger partial charge in [-0.05, 0) is 59.8 Å². The summed E-state index contributed by atoms with van der Waals surface area (Å²) >= 11 is 3.51. The zero-order valence-electron chi connectivity index (χ0n) is 18.3. The first-order chi connectivity index (χ1) is 14.1. The van der Waals surface area contributed by atoms with Crippen molar-refractivity contribution in [3.63, 3.8) is 0 Å². The first-order valence-electron chi connectivity index (χ1n) is 11.0. The lowest BCUT2D eigenvalue weighted by Crippen LogP contribution is -2.13. The maximum Gasteiger partial charge on any atom is 0.144 e. The van der Waals surface area contributed by atoms with Gasteiger partial charge in [0.15, 0.2) is 0 Å². The highest BCUT2D eigenvalue weighted by Gasteiger charge is 2.05. The molecule has 0 saturated carbocycles. The third-order valence-corrected chi connectivity index (χ3v) is 6.12. The maximum absolute atomic E-state index is 5.95. The molecule has 0 saturated heterocycles. The second-order valence-corrected chi connectivity index (χ2v) is 8.51. The molecule has 5 heteroatoms. The molecule has 0 fully saturated rings. The molecule has 0 atom stereocenters. The Morgan fingerprint density at radius 2 is 1.69 bits per heavy atom. The number of ether oxygens (including phenoxy) is 1. The van der Waals surface area contributed by atoms with E-state index in [1.165, 1.54) is 68.9 Å². The summed E-state index contributed by atoms with van der Waals surface area (Å²) in [5, 5.41) is 3.29. The van der Waals surface area contributed by atoms with Gasteiger partial charge in [-0.1, -0.05) is 64.0 Å². The predicted molar refractivity (Wildman–Crippen MR) is 126 cm³/mol. The molecule has 0 aliphatic carbocycles. The summed E-state index contributed by atoms with van der Waals surface area (Å²) in [5.41, 5.74) is 3.55. The van der Waals surface area contributed by atoms with E-state index in [2.05, 4.69) is 63.3 Å². The summed E-state index contributed by atoms with van der Waals surface area (Å²) in [4.78, 5) is 8.40. The average Bonchev–Trinajstić information content (AvgIpc) is 2.71. The summed E-state index contributed by atoms with van der Waals surface area (Å²) in [6, 6.07) is 6.59. The number of anilines is 1. The predicted octanol–water partition coefficient (Wildman–Crippen LogP) is 7.03. The normalized spacial score (nSPS) is 10.9. The second kappa shape index (κ2) is 13.6. The quantitative estimate of drug-likeness (QED) is 0.306. The minimum atomic E-state index is 0.591. The molecule has 2 aromatic rings. The summed E-state index contributed by atoms with van der Waals surface area (Å²) in [7, 11) is 0. The topological polar surface area (TPSA) is 47.0 Å². The van der Waals surface area contributed by atoms with Crippen molar-refractivity contribution < 1.29 is 4.74 Å². The van der Waals surface area contributed by atoms with Gasteiger partial charge in [-0.25, -0.2) is 9.97 Å². The van der Waals surface area contributed by atoms with Crippen LogP contribution >= 0.6 is 15.9 Å². The number of aromatic nitrogens is 2. The van der Waals surface area contributed by atoms with E-state index in [-0.39, 0.29) is 0 Å². The van der Waals surface area contributed by atoms with Gasteiger partial charge in [0.1, 0.15) is 24.5 Å². The lowest BCUT2D eigenvalue weighted by Gasteiger charge is -2.12. The smallest absolute Gasteiger partial charge is 0.144 e. The molecule has 0 amide bonds. The standard InChI is InChI=1S/C24H36BrN3O/c1-4-5-6-7-8-9-10-11-12-21-13-14-22(19(2)17-21)29-16-15-26-24-23(25)20(3)27-18-28-24/h13-14,17-18H,4-12,15-16H2,1-3H3,(H,26,27,28). The largest absolute Gasteiger partial charge is 0.491 e. The number of rotatable bonds is 14. The lowest BCUT2D eigenvalue weighted by molar-refractivity contribution is 0.330. The molecule has 1 N–H and O–H groups in total. The van der Waals surface area contributed by atoms with Crippen molar-refractivity contribution in [2.45, 2.75) is 78.6 Å². The molecule has 0 bridgehead atoms. The zero-order chi connectivity index (χ0) is 20.9. The SMILES string of the molecule is CCCCCCCCCCc1ccc(OCCNc2ncnc(C)c2Br)c(C)c1. The number of nitrogens with zero attached hydrogens (tertiary/aromatic N) is 2. The Bertz CT molecular complexity index is 736. The molecule has 4 nitrogen and oxygen atoms in total. The fourth-order valence-corrected chi connectivity index (χ4v) is 3.75. The fraction of sp³-hybridized carbons (Fsp3) is 0.583. The summed E-state index contributed by atoms with van der Waals surface area (Å²) < 4.78 is 6.86. The molecule has 160 valence electrons. The molecule has 29 heavy (non-hydrogen) atoms. The Hall–Kier alpha value is -1.62. The van der Waals surface area contributed by atoms with Gasteiger partial charge < -0.3 is 10.1 Å². The highest BCUT2D eigenvalue weighted by atomic mass is 79.9. The number of nitrogens with one attached hydrogen (secondary N) is 1. The van der Waals surface area contributed by atoms with Gasteiger partial charge in [-0.2, -0.15) is 0 Å². The van der Waals surface area contributed by atoms with Gasteiger partial charge in [0.25, 0.3) is 0 Å². The summed E-state index contributed by atoms with van der Waals surface area (Å²) in [5.74, 6) is 1.77. The van der Waals surface area contributed by atoms with Crippen LogP contribution in [0.3, 0.4) is 0 Å². The van der Waals surface area contributed by atoms with Gasteiger partial charge in [-0.3, -0.25) is 0 Å². The van der Waals surface area contributed by atoms with Crippen LogP contribution in [-0.2, 0) is 6.42 Å². The molecule has 0 radical (unpaired) electrons. The minimum absolute atomic E-state index is 0.591. The number of hydrogen-bond donors (Lipinski definition) is 1. The molecule has 1 aromatic heterocycles. The fourth-order valence-electron chi connectivity index (χ4n) is 3.40. The number of aryl methyl sites for hydroxylation is 3. The number of halogens is 1. The van der Waals surface area contributed by atoms with Crippen molar-refractivity contribution >= 4 is 21.7 Å². The van der Waals surface area contributed by atoms with Crippen molar-refractivity contribution in [3.05, 3.63) is 45.8 Å². The number of hydrogen-bond acceptors (Lipinski definition) is 4. The molecule has 0 aliphatic heterocycles. The van der Waals surface area contributed by atoms with Crippen molar-refractivity contribution in [2.75, 3.05) is 18.5 Å². The summed E-state index contributed by atoms with van der Waals surface area (Å²) in [6.45, 7) is 7.63. The molecule has 1 heterocycles. The zero-order valence-corrected chi connectivity index (χ0v) is 19.9. The van der Waals surface area contributed by atoms with Crippen LogP contribution in [0.1, 0.15) is 75.1 Å². The van der Waals surface area contributed by atoms with Crippen molar-refractivity contribution in [3.8, 4) is 5.75 Å². The maximum atomic E-state index is 5.95. The highest BCUT2D eigenvalue weighted by molar-refractivity contribution is 9.10. The van der Waals surface area contributed by atoms with Gasteiger partial charge in [0.2, 0.25) is 0 Å². The average molecular weight is 462 g/mol. The van der Waals surface area contributed by atoms with Crippen LogP contribution < -0.4 is 10.1 Å². The molecule has 2 rings (SSSR count). The number of benzene rings is 1. The molecule has 0 spiro atoms. The van der Waals surface area contributed by atoms with E-state index < -0.39 is 0 Å². The van der Waals surface area contributed by atoms with Crippen LogP contribution in [0, 0.1) is 13.8 Å².